The van der Waals surface area contributed by atoms with Gasteiger partial charge >= 0.3 is 11.9 Å². The lowest BCUT2D eigenvalue weighted by atomic mass is 9.63. The van der Waals surface area contributed by atoms with Crippen molar-refractivity contribution in [3.63, 3.8) is 0 Å². The third kappa shape index (κ3) is 7.76. The average Bonchev–Trinajstić information content (AvgIpc) is 3.37. The van der Waals surface area contributed by atoms with Crippen LogP contribution in [0.5, 0.6) is 0 Å². The van der Waals surface area contributed by atoms with Gasteiger partial charge in [0.15, 0.2) is 0 Å². The number of ether oxygens (including phenoxy) is 3. The molecule has 4 aliphatic rings. The van der Waals surface area contributed by atoms with Crippen LogP contribution in [0.1, 0.15) is 81.6 Å². The Labute approximate surface area is 268 Å². The lowest BCUT2D eigenvalue weighted by Gasteiger charge is -2.39. The van der Waals surface area contributed by atoms with E-state index in [1.54, 1.807) is 12.2 Å². The quantitative estimate of drug-likeness (QED) is 0.129. The lowest BCUT2D eigenvalue weighted by molar-refractivity contribution is -0.145. The van der Waals surface area contributed by atoms with Crippen molar-refractivity contribution in [1.82, 2.24) is 0 Å². The zero-order valence-electron chi connectivity index (χ0n) is 28.2. The molecule has 0 aromatic heterocycles. The van der Waals surface area contributed by atoms with E-state index in [0.717, 1.165) is 28.7 Å². The van der Waals surface area contributed by atoms with Gasteiger partial charge in [-0.15, -0.1) is 5.73 Å². The van der Waals surface area contributed by atoms with Gasteiger partial charge in [-0.05, 0) is 93.7 Å². The number of fused-ring (bicyclic) bond motifs is 1. The van der Waals surface area contributed by atoms with Crippen LogP contribution in [-0.4, -0.2) is 40.5 Å². The number of hydrogen-bond acceptors (Lipinski definition) is 6. The maximum atomic E-state index is 12.5. The van der Waals surface area contributed by atoms with Gasteiger partial charge in [0.1, 0.15) is 23.1 Å². The smallest absolute Gasteiger partial charge is 0.343 e. The summed E-state index contributed by atoms with van der Waals surface area (Å²) in [6.07, 6.45) is 24.5. The summed E-state index contributed by atoms with van der Waals surface area (Å²) in [5, 5.41) is 10.3. The molecule has 1 saturated carbocycles. The Bertz CT molecular complexity index is 1540. The number of hydrogen-bond donors (Lipinski definition) is 1. The van der Waals surface area contributed by atoms with E-state index in [-0.39, 0.29) is 35.0 Å². The summed E-state index contributed by atoms with van der Waals surface area (Å²) >= 11 is 0. The SMILES string of the molecule is CC(=O)OC1C=C(C)C(=C=C/C(C)=C/C=C/C=C/C=C(C)/C=C2C=C(/C=C/C34OC3(C)C[C@@H](O)CC4(C)C)C(=O)O/2)C(C)(C)C1. The van der Waals surface area contributed by atoms with Crippen LogP contribution in [-0.2, 0) is 23.8 Å². The number of cyclic esters (lactones) is 1. The largest absolute Gasteiger partial charge is 0.458 e. The molecule has 2 heterocycles. The van der Waals surface area contributed by atoms with Gasteiger partial charge in [0.2, 0.25) is 0 Å². The van der Waals surface area contributed by atoms with Crippen molar-refractivity contribution in [2.45, 2.75) is 105 Å². The predicted molar refractivity (Wildman–Crippen MR) is 178 cm³/mol. The van der Waals surface area contributed by atoms with Gasteiger partial charge in [0.25, 0.3) is 0 Å². The zero-order valence-corrected chi connectivity index (χ0v) is 28.2. The fourth-order valence-electron chi connectivity index (χ4n) is 7.08. The highest BCUT2D eigenvalue weighted by Crippen LogP contribution is 2.66. The van der Waals surface area contributed by atoms with Gasteiger partial charge in [0, 0.05) is 29.7 Å². The van der Waals surface area contributed by atoms with E-state index >= 15 is 0 Å². The predicted octanol–water partition coefficient (Wildman–Crippen LogP) is 8.01. The molecule has 0 aromatic rings. The molecule has 4 rings (SSSR count). The molecule has 2 fully saturated rings. The molecule has 240 valence electrons. The molecule has 1 N–H and O–H groups in total. The van der Waals surface area contributed by atoms with Crippen LogP contribution in [0.3, 0.4) is 0 Å². The maximum absolute atomic E-state index is 12.5. The van der Waals surface area contributed by atoms with Gasteiger partial charge in [0.05, 0.1) is 11.7 Å². The van der Waals surface area contributed by atoms with Crippen LogP contribution in [0.25, 0.3) is 0 Å². The minimum Gasteiger partial charge on any atom is -0.458 e. The molecule has 2 aliphatic heterocycles. The van der Waals surface area contributed by atoms with E-state index in [1.807, 2.05) is 88.5 Å². The number of aliphatic hydroxyl groups is 1. The second-order valence-electron chi connectivity index (χ2n) is 14.2. The van der Waals surface area contributed by atoms with E-state index in [4.69, 9.17) is 14.2 Å². The number of carbonyl (C=O) groups excluding carboxylic acids is 2. The number of aliphatic hydroxyl groups excluding tert-OH is 1. The molecule has 0 radical (unpaired) electrons. The Hall–Kier alpha value is -3.70. The monoisotopic (exact) mass is 612 g/mol. The summed E-state index contributed by atoms with van der Waals surface area (Å²) < 4.78 is 17.1. The molecule has 0 spiro atoms. The Morgan fingerprint density at radius 3 is 2.29 bits per heavy atom. The number of epoxide rings is 1. The van der Waals surface area contributed by atoms with Crippen molar-refractivity contribution >= 4 is 11.9 Å². The Kier molecular flexibility index (Phi) is 9.84. The van der Waals surface area contributed by atoms with E-state index in [1.165, 1.54) is 6.92 Å². The first-order valence-corrected chi connectivity index (χ1v) is 15.7. The summed E-state index contributed by atoms with van der Waals surface area (Å²) in [5.74, 6) is -0.143. The van der Waals surface area contributed by atoms with Gasteiger partial charge in [-0.25, -0.2) is 4.79 Å². The number of esters is 2. The normalized spacial score (nSPS) is 32.0. The average molecular weight is 613 g/mol. The topological polar surface area (TPSA) is 85.4 Å². The fraction of sp³-hybridized carbons (Fsp3) is 0.462. The molecule has 6 nitrogen and oxygen atoms in total. The molecule has 3 unspecified atom stereocenters. The van der Waals surface area contributed by atoms with Crippen LogP contribution in [0.15, 0.2) is 112 Å². The Balaban J connectivity index is 1.35. The van der Waals surface area contributed by atoms with Crippen molar-refractivity contribution in [3.05, 3.63) is 112 Å². The standard InChI is InChI=1S/C39H48O6/c1-26(16-17-34-28(3)21-33(43-29(4)40)25-36(34,5)6)14-12-10-11-13-15-27(2)20-32-22-30(35(42)44-32)18-19-39-37(7,8)23-31(41)24-38(39,9)45-39/h10-16,18-22,31,33,41H,23-25H2,1-9H3/b12-10+,13-11+,19-18+,26-14+,27-15+,32-20-/t17?,31-,33?,38?,39?/m0/s1. The van der Waals surface area contributed by atoms with Crippen molar-refractivity contribution < 1.29 is 28.9 Å². The fourth-order valence-corrected chi connectivity index (χ4v) is 7.08. The molecule has 4 atom stereocenters. The van der Waals surface area contributed by atoms with E-state index in [9.17, 15) is 14.7 Å². The highest BCUT2D eigenvalue weighted by Gasteiger charge is 2.74. The third-order valence-electron chi connectivity index (χ3n) is 9.15. The summed E-state index contributed by atoms with van der Waals surface area (Å²) in [4.78, 5) is 23.9. The van der Waals surface area contributed by atoms with Crippen LogP contribution in [0, 0.1) is 10.8 Å². The minimum absolute atomic E-state index is 0.149. The van der Waals surface area contributed by atoms with E-state index < -0.39 is 11.2 Å². The Morgan fingerprint density at radius 2 is 1.67 bits per heavy atom. The molecule has 2 aliphatic carbocycles. The van der Waals surface area contributed by atoms with Crippen molar-refractivity contribution in [2.24, 2.45) is 10.8 Å². The summed E-state index contributed by atoms with van der Waals surface area (Å²) in [7, 11) is 0. The van der Waals surface area contributed by atoms with Crippen LogP contribution < -0.4 is 0 Å². The maximum Gasteiger partial charge on any atom is 0.343 e. The van der Waals surface area contributed by atoms with Crippen molar-refractivity contribution in [2.75, 3.05) is 0 Å². The van der Waals surface area contributed by atoms with Gasteiger partial charge in [-0.3, -0.25) is 4.79 Å². The van der Waals surface area contributed by atoms with Crippen molar-refractivity contribution in [1.29, 1.82) is 0 Å². The molecular weight excluding hydrogens is 564 g/mol. The molecule has 0 amide bonds. The number of carbonyl (C=O) groups is 2. The lowest BCUT2D eigenvalue weighted by Crippen LogP contribution is -2.46. The van der Waals surface area contributed by atoms with Crippen LogP contribution in [0.4, 0.5) is 0 Å². The molecular formula is C39H48O6. The van der Waals surface area contributed by atoms with Gasteiger partial charge in [-0.1, -0.05) is 64.2 Å². The molecule has 45 heavy (non-hydrogen) atoms. The molecule has 0 aromatic carbocycles. The first-order valence-electron chi connectivity index (χ1n) is 15.7. The molecule has 0 bridgehead atoms. The summed E-state index contributed by atoms with van der Waals surface area (Å²) in [5.41, 5.74) is 6.85. The van der Waals surface area contributed by atoms with Crippen molar-refractivity contribution in [3.8, 4) is 0 Å². The van der Waals surface area contributed by atoms with Crippen LogP contribution in [0.2, 0.25) is 0 Å². The van der Waals surface area contributed by atoms with Crippen LogP contribution >= 0.6 is 0 Å². The van der Waals surface area contributed by atoms with E-state index in [2.05, 4.69) is 33.4 Å². The zero-order chi connectivity index (χ0) is 33.2. The van der Waals surface area contributed by atoms with Gasteiger partial charge < -0.3 is 19.3 Å². The number of allylic oxidation sites excluding steroid dienone is 12. The first kappa shape index (κ1) is 34.2. The summed E-state index contributed by atoms with van der Waals surface area (Å²) in [6.45, 7) is 18.0. The highest BCUT2D eigenvalue weighted by molar-refractivity contribution is 5.95. The third-order valence-corrected chi connectivity index (χ3v) is 9.15. The van der Waals surface area contributed by atoms with Gasteiger partial charge in [-0.2, -0.15) is 0 Å². The first-order chi connectivity index (χ1) is 21.0. The number of rotatable bonds is 8. The second kappa shape index (κ2) is 13.0. The summed E-state index contributed by atoms with van der Waals surface area (Å²) in [6, 6.07) is 0. The second-order valence-corrected chi connectivity index (χ2v) is 14.2. The molecule has 1 saturated heterocycles. The highest BCUT2D eigenvalue weighted by atomic mass is 16.6. The molecule has 6 heteroatoms. The Morgan fingerprint density at radius 1 is 1.00 bits per heavy atom. The minimum atomic E-state index is -0.498. The van der Waals surface area contributed by atoms with E-state index in [0.29, 0.717) is 24.2 Å².